The van der Waals surface area contributed by atoms with E-state index >= 15 is 0 Å². The third kappa shape index (κ3) is 10.8. The molecule has 0 aliphatic rings. The van der Waals surface area contributed by atoms with Crippen molar-refractivity contribution in [2.24, 2.45) is 4.99 Å². The van der Waals surface area contributed by atoms with Crippen LogP contribution in [-0.4, -0.2) is 51.5 Å². The first kappa shape index (κ1) is 18.2. The summed E-state index contributed by atoms with van der Waals surface area (Å²) >= 11 is 0. The van der Waals surface area contributed by atoms with Crippen LogP contribution < -0.4 is 10.6 Å². The molecule has 19 heavy (non-hydrogen) atoms. The summed E-state index contributed by atoms with van der Waals surface area (Å²) in [5.41, 5.74) is -0.225. The van der Waals surface area contributed by atoms with Crippen molar-refractivity contribution in [2.45, 2.75) is 46.1 Å². The first-order chi connectivity index (χ1) is 9.05. The van der Waals surface area contributed by atoms with E-state index in [1.807, 2.05) is 20.8 Å². The SMILES string of the molecule is CCNC(=NCC(C)(C)OC)NCCCCOCC. The van der Waals surface area contributed by atoms with Crippen molar-refractivity contribution in [3.05, 3.63) is 0 Å². The monoisotopic (exact) mass is 273 g/mol. The van der Waals surface area contributed by atoms with Gasteiger partial charge in [-0.3, -0.25) is 4.99 Å². The predicted molar refractivity (Wildman–Crippen MR) is 80.8 cm³/mol. The Morgan fingerprint density at radius 2 is 1.89 bits per heavy atom. The Hall–Kier alpha value is -0.810. The van der Waals surface area contributed by atoms with Crippen LogP contribution in [0.2, 0.25) is 0 Å². The largest absolute Gasteiger partial charge is 0.382 e. The molecule has 0 aromatic rings. The molecule has 0 amide bonds. The summed E-state index contributed by atoms with van der Waals surface area (Å²) in [7, 11) is 1.71. The van der Waals surface area contributed by atoms with Gasteiger partial charge < -0.3 is 20.1 Å². The maximum Gasteiger partial charge on any atom is 0.191 e. The molecule has 0 unspecified atom stereocenters. The van der Waals surface area contributed by atoms with Gasteiger partial charge in [-0.15, -0.1) is 0 Å². The fourth-order valence-corrected chi connectivity index (χ4v) is 1.36. The molecule has 0 aromatic carbocycles. The summed E-state index contributed by atoms with van der Waals surface area (Å²) in [6, 6.07) is 0. The van der Waals surface area contributed by atoms with Gasteiger partial charge in [-0.25, -0.2) is 0 Å². The average molecular weight is 273 g/mol. The van der Waals surface area contributed by atoms with Crippen molar-refractivity contribution in [3.8, 4) is 0 Å². The van der Waals surface area contributed by atoms with Crippen LogP contribution in [0.1, 0.15) is 40.5 Å². The number of hydrogen-bond donors (Lipinski definition) is 2. The Balaban J connectivity index is 3.94. The number of ether oxygens (including phenoxy) is 2. The van der Waals surface area contributed by atoms with E-state index in [1.54, 1.807) is 7.11 Å². The first-order valence-corrected chi connectivity index (χ1v) is 7.20. The summed E-state index contributed by atoms with van der Waals surface area (Å²) in [5, 5.41) is 6.56. The van der Waals surface area contributed by atoms with E-state index in [2.05, 4.69) is 22.5 Å². The number of methoxy groups -OCH3 is 1. The third-order valence-electron chi connectivity index (χ3n) is 2.73. The lowest BCUT2D eigenvalue weighted by atomic mass is 10.1. The molecular formula is C14H31N3O2. The van der Waals surface area contributed by atoms with Crippen molar-refractivity contribution >= 4 is 5.96 Å². The number of guanidine groups is 1. The number of aliphatic imine (C=N–C) groups is 1. The van der Waals surface area contributed by atoms with Crippen molar-refractivity contribution in [2.75, 3.05) is 40.0 Å². The van der Waals surface area contributed by atoms with Crippen LogP contribution in [0.15, 0.2) is 4.99 Å². The Bertz CT molecular complexity index is 243. The van der Waals surface area contributed by atoms with Crippen LogP contribution in [0.4, 0.5) is 0 Å². The van der Waals surface area contributed by atoms with E-state index in [9.17, 15) is 0 Å². The van der Waals surface area contributed by atoms with Gasteiger partial charge in [0.2, 0.25) is 0 Å². The highest BCUT2D eigenvalue weighted by atomic mass is 16.5. The van der Waals surface area contributed by atoms with E-state index in [1.165, 1.54) is 0 Å². The molecule has 0 bridgehead atoms. The number of nitrogens with zero attached hydrogens (tertiary/aromatic N) is 1. The number of hydrogen-bond acceptors (Lipinski definition) is 3. The molecule has 0 aromatic heterocycles. The van der Waals surface area contributed by atoms with Crippen LogP contribution in [0, 0.1) is 0 Å². The highest BCUT2D eigenvalue weighted by Crippen LogP contribution is 2.06. The Morgan fingerprint density at radius 1 is 1.16 bits per heavy atom. The van der Waals surface area contributed by atoms with Crippen molar-refractivity contribution in [1.82, 2.24) is 10.6 Å². The van der Waals surface area contributed by atoms with Gasteiger partial charge in [0, 0.05) is 33.4 Å². The summed E-state index contributed by atoms with van der Waals surface area (Å²) in [4.78, 5) is 4.53. The molecule has 2 N–H and O–H groups in total. The van der Waals surface area contributed by atoms with E-state index in [0.717, 1.165) is 45.1 Å². The molecule has 5 nitrogen and oxygen atoms in total. The number of unbranched alkanes of at least 4 members (excludes halogenated alkanes) is 1. The molecule has 0 spiro atoms. The highest BCUT2D eigenvalue weighted by Gasteiger charge is 2.15. The van der Waals surface area contributed by atoms with Crippen LogP contribution in [0.3, 0.4) is 0 Å². The fraction of sp³-hybridized carbons (Fsp3) is 0.929. The van der Waals surface area contributed by atoms with E-state index < -0.39 is 0 Å². The molecule has 0 saturated heterocycles. The van der Waals surface area contributed by atoms with E-state index in [-0.39, 0.29) is 5.60 Å². The molecule has 0 aliphatic carbocycles. The molecule has 0 fully saturated rings. The van der Waals surface area contributed by atoms with Gasteiger partial charge >= 0.3 is 0 Å². The second-order valence-corrected chi connectivity index (χ2v) is 4.99. The highest BCUT2D eigenvalue weighted by molar-refractivity contribution is 5.79. The van der Waals surface area contributed by atoms with Gasteiger partial charge in [0.1, 0.15) is 0 Å². The lowest BCUT2D eigenvalue weighted by molar-refractivity contribution is 0.0310. The zero-order valence-corrected chi connectivity index (χ0v) is 13.2. The molecule has 0 rings (SSSR count). The van der Waals surface area contributed by atoms with Gasteiger partial charge in [0.15, 0.2) is 5.96 Å². The van der Waals surface area contributed by atoms with Gasteiger partial charge in [-0.1, -0.05) is 0 Å². The van der Waals surface area contributed by atoms with Crippen molar-refractivity contribution < 1.29 is 9.47 Å². The lowest BCUT2D eigenvalue weighted by Crippen LogP contribution is -2.39. The topological polar surface area (TPSA) is 54.9 Å². The van der Waals surface area contributed by atoms with Crippen LogP contribution in [-0.2, 0) is 9.47 Å². The Morgan fingerprint density at radius 3 is 2.47 bits per heavy atom. The summed E-state index contributed by atoms with van der Waals surface area (Å²) in [6.07, 6.45) is 2.15. The molecule has 0 saturated carbocycles. The molecule has 0 heterocycles. The normalized spacial score (nSPS) is 12.6. The van der Waals surface area contributed by atoms with Crippen molar-refractivity contribution in [3.63, 3.8) is 0 Å². The van der Waals surface area contributed by atoms with Crippen LogP contribution >= 0.6 is 0 Å². The fourth-order valence-electron chi connectivity index (χ4n) is 1.36. The summed E-state index contributed by atoms with van der Waals surface area (Å²) < 4.78 is 10.7. The molecule has 5 heteroatoms. The van der Waals surface area contributed by atoms with Gasteiger partial charge in [-0.05, 0) is 40.5 Å². The number of rotatable bonds is 10. The van der Waals surface area contributed by atoms with Crippen molar-refractivity contribution in [1.29, 1.82) is 0 Å². The summed E-state index contributed by atoms with van der Waals surface area (Å²) in [6.45, 7) is 12.2. The maximum atomic E-state index is 5.36. The lowest BCUT2D eigenvalue weighted by Gasteiger charge is -2.21. The zero-order valence-electron chi connectivity index (χ0n) is 13.2. The van der Waals surface area contributed by atoms with E-state index in [0.29, 0.717) is 6.54 Å². The smallest absolute Gasteiger partial charge is 0.191 e. The third-order valence-corrected chi connectivity index (χ3v) is 2.73. The predicted octanol–water partition coefficient (Wildman–Crippen LogP) is 1.78. The molecule has 0 atom stereocenters. The molecule has 114 valence electrons. The van der Waals surface area contributed by atoms with Crippen LogP contribution in [0.5, 0.6) is 0 Å². The molecule has 0 radical (unpaired) electrons. The average Bonchev–Trinajstić information content (AvgIpc) is 2.40. The minimum Gasteiger partial charge on any atom is -0.382 e. The minimum absolute atomic E-state index is 0.225. The minimum atomic E-state index is -0.225. The first-order valence-electron chi connectivity index (χ1n) is 7.20. The zero-order chi connectivity index (χ0) is 14.6. The molecular weight excluding hydrogens is 242 g/mol. The second kappa shape index (κ2) is 11.1. The standard InChI is InChI=1S/C14H31N3O2/c1-6-15-13(17-12-14(3,4)18-5)16-10-8-9-11-19-7-2/h6-12H2,1-5H3,(H2,15,16,17). The second-order valence-electron chi connectivity index (χ2n) is 4.99. The quantitative estimate of drug-likeness (QED) is 0.362. The van der Waals surface area contributed by atoms with Gasteiger partial charge in [-0.2, -0.15) is 0 Å². The Kier molecular flexibility index (Phi) is 10.6. The van der Waals surface area contributed by atoms with Gasteiger partial charge in [0.05, 0.1) is 12.1 Å². The molecule has 0 aliphatic heterocycles. The maximum absolute atomic E-state index is 5.36. The summed E-state index contributed by atoms with van der Waals surface area (Å²) in [5.74, 6) is 0.851. The van der Waals surface area contributed by atoms with Crippen LogP contribution in [0.25, 0.3) is 0 Å². The van der Waals surface area contributed by atoms with E-state index in [4.69, 9.17) is 9.47 Å². The number of nitrogens with one attached hydrogen (secondary N) is 2. The Labute approximate surface area is 118 Å². The van der Waals surface area contributed by atoms with Gasteiger partial charge in [0.25, 0.3) is 0 Å².